The maximum atomic E-state index is 12.2. The molecule has 0 unspecified atom stereocenters. The molecular formula is C20H21N3O6. The van der Waals surface area contributed by atoms with Crippen LogP contribution in [0.3, 0.4) is 0 Å². The molecule has 0 saturated heterocycles. The Kier molecular flexibility index (Phi) is 7.72. The van der Waals surface area contributed by atoms with Crippen molar-refractivity contribution in [2.45, 2.75) is 13.3 Å². The molecule has 9 nitrogen and oxygen atoms in total. The van der Waals surface area contributed by atoms with Crippen LogP contribution in [0.4, 0.5) is 5.69 Å². The standard InChI is InChI=1S/C20H21N3O6/c1-3-12-29-17-10-8-15(13-18(17)28-2)20(25)22-21-19(24)11-9-14-6-4-5-7-16(14)23(26)27/h4-11,13H,3,12H2,1-2H3,(H,21,24)(H,22,25)/b11-9+. The number of nitro benzene ring substituents is 1. The van der Waals surface area contributed by atoms with E-state index in [2.05, 4.69) is 10.9 Å². The molecule has 0 bridgehead atoms. The predicted molar refractivity (Wildman–Crippen MR) is 107 cm³/mol. The van der Waals surface area contributed by atoms with Crippen LogP contribution in [0.1, 0.15) is 29.3 Å². The summed E-state index contributed by atoms with van der Waals surface area (Å²) < 4.78 is 10.7. The summed E-state index contributed by atoms with van der Waals surface area (Å²) in [7, 11) is 1.46. The molecule has 2 N–H and O–H groups in total. The molecule has 2 aromatic rings. The lowest BCUT2D eigenvalue weighted by molar-refractivity contribution is -0.385. The van der Waals surface area contributed by atoms with Crippen LogP contribution in [0, 0.1) is 10.1 Å². The number of hydrogen-bond acceptors (Lipinski definition) is 6. The molecular weight excluding hydrogens is 378 g/mol. The second-order valence-corrected chi connectivity index (χ2v) is 5.81. The average Bonchev–Trinajstić information content (AvgIpc) is 2.74. The van der Waals surface area contributed by atoms with Crippen LogP contribution in [0.15, 0.2) is 48.5 Å². The van der Waals surface area contributed by atoms with E-state index in [1.54, 1.807) is 12.1 Å². The Morgan fingerprint density at radius 2 is 1.90 bits per heavy atom. The fourth-order valence-electron chi connectivity index (χ4n) is 2.33. The zero-order valence-electron chi connectivity index (χ0n) is 16.0. The van der Waals surface area contributed by atoms with Crippen LogP contribution in [0.25, 0.3) is 6.08 Å². The van der Waals surface area contributed by atoms with Crippen molar-refractivity contribution in [3.8, 4) is 11.5 Å². The normalized spacial score (nSPS) is 10.4. The van der Waals surface area contributed by atoms with Gasteiger partial charge in [0.15, 0.2) is 11.5 Å². The third-order valence-electron chi connectivity index (χ3n) is 3.73. The van der Waals surface area contributed by atoms with Crippen molar-refractivity contribution in [1.29, 1.82) is 0 Å². The molecule has 2 rings (SSSR count). The van der Waals surface area contributed by atoms with E-state index in [0.717, 1.165) is 12.5 Å². The molecule has 152 valence electrons. The molecule has 29 heavy (non-hydrogen) atoms. The number of nitrogens with one attached hydrogen (secondary N) is 2. The first-order valence-corrected chi connectivity index (χ1v) is 8.79. The quantitative estimate of drug-likeness (QED) is 0.400. The second kappa shape index (κ2) is 10.5. The largest absolute Gasteiger partial charge is 0.493 e. The van der Waals surface area contributed by atoms with Crippen LogP contribution in [0.5, 0.6) is 11.5 Å². The molecule has 0 aliphatic carbocycles. The number of benzene rings is 2. The van der Waals surface area contributed by atoms with E-state index >= 15 is 0 Å². The summed E-state index contributed by atoms with van der Waals surface area (Å²) in [6, 6.07) is 10.6. The summed E-state index contributed by atoms with van der Waals surface area (Å²) in [5, 5.41) is 11.0. The van der Waals surface area contributed by atoms with E-state index < -0.39 is 16.7 Å². The van der Waals surface area contributed by atoms with Gasteiger partial charge in [0.1, 0.15) is 0 Å². The topological polar surface area (TPSA) is 120 Å². The smallest absolute Gasteiger partial charge is 0.276 e. The number of para-hydroxylation sites is 1. The maximum Gasteiger partial charge on any atom is 0.276 e. The fraction of sp³-hybridized carbons (Fsp3) is 0.200. The molecule has 0 heterocycles. The Balaban J connectivity index is 1.98. The van der Waals surface area contributed by atoms with Gasteiger partial charge in [-0.05, 0) is 36.8 Å². The van der Waals surface area contributed by atoms with Gasteiger partial charge in [0.2, 0.25) is 0 Å². The van der Waals surface area contributed by atoms with E-state index in [-0.39, 0.29) is 16.8 Å². The van der Waals surface area contributed by atoms with Gasteiger partial charge in [-0.3, -0.25) is 30.6 Å². The SMILES string of the molecule is CCCOc1ccc(C(=O)NNC(=O)/C=C/c2ccccc2[N+](=O)[O-])cc1OC. The van der Waals surface area contributed by atoms with Gasteiger partial charge in [-0.1, -0.05) is 19.1 Å². The molecule has 0 fully saturated rings. The molecule has 9 heteroatoms. The van der Waals surface area contributed by atoms with Crippen LogP contribution in [-0.2, 0) is 4.79 Å². The van der Waals surface area contributed by atoms with E-state index in [9.17, 15) is 19.7 Å². The van der Waals surface area contributed by atoms with Crippen LogP contribution in [0.2, 0.25) is 0 Å². The molecule has 0 aromatic heterocycles. The maximum absolute atomic E-state index is 12.2. The van der Waals surface area contributed by atoms with Crippen molar-refractivity contribution < 1.29 is 24.0 Å². The number of methoxy groups -OCH3 is 1. The van der Waals surface area contributed by atoms with Crippen LogP contribution < -0.4 is 20.3 Å². The molecule has 2 aromatic carbocycles. The van der Waals surface area contributed by atoms with Gasteiger partial charge in [0.25, 0.3) is 17.5 Å². The number of rotatable bonds is 8. The second-order valence-electron chi connectivity index (χ2n) is 5.81. The van der Waals surface area contributed by atoms with Gasteiger partial charge in [0, 0.05) is 17.7 Å². The number of carbonyl (C=O) groups is 2. The first kappa shape index (κ1) is 21.4. The highest BCUT2D eigenvalue weighted by Gasteiger charge is 2.12. The van der Waals surface area contributed by atoms with Gasteiger partial charge < -0.3 is 9.47 Å². The highest BCUT2D eigenvalue weighted by molar-refractivity contribution is 5.98. The molecule has 0 aliphatic heterocycles. The van der Waals surface area contributed by atoms with Crippen molar-refractivity contribution in [3.63, 3.8) is 0 Å². The van der Waals surface area contributed by atoms with Crippen LogP contribution in [-0.4, -0.2) is 30.5 Å². The Morgan fingerprint density at radius 1 is 1.14 bits per heavy atom. The highest BCUT2D eigenvalue weighted by Crippen LogP contribution is 2.28. The van der Waals surface area contributed by atoms with Crippen molar-refractivity contribution in [1.82, 2.24) is 10.9 Å². The monoisotopic (exact) mass is 399 g/mol. The van der Waals surface area contributed by atoms with E-state index in [1.165, 1.54) is 43.5 Å². The summed E-state index contributed by atoms with van der Waals surface area (Å²) in [6.07, 6.45) is 3.21. The fourth-order valence-corrected chi connectivity index (χ4v) is 2.33. The van der Waals surface area contributed by atoms with E-state index in [1.807, 2.05) is 6.92 Å². The number of ether oxygens (including phenoxy) is 2. The Labute approximate surface area is 167 Å². The third-order valence-corrected chi connectivity index (χ3v) is 3.73. The molecule has 0 saturated carbocycles. The van der Waals surface area contributed by atoms with E-state index in [0.29, 0.717) is 18.1 Å². The van der Waals surface area contributed by atoms with Crippen molar-refractivity contribution in [3.05, 3.63) is 69.8 Å². The number of carbonyl (C=O) groups excluding carboxylic acids is 2. The summed E-state index contributed by atoms with van der Waals surface area (Å²) >= 11 is 0. The Hall–Kier alpha value is -3.88. The molecule has 0 spiro atoms. The minimum atomic E-state index is -0.647. The van der Waals surface area contributed by atoms with Gasteiger partial charge in [-0.25, -0.2) is 0 Å². The summed E-state index contributed by atoms with van der Waals surface area (Å²) in [5.74, 6) is -0.291. The summed E-state index contributed by atoms with van der Waals surface area (Å²) in [5.41, 5.74) is 4.89. The molecule has 0 atom stereocenters. The van der Waals surface area contributed by atoms with Gasteiger partial charge >= 0.3 is 0 Å². The summed E-state index contributed by atoms with van der Waals surface area (Å²) in [6.45, 7) is 2.49. The minimum absolute atomic E-state index is 0.127. The number of amides is 2. The molecule has 2 amide bonds. The van der Waals surface area contributed by atoms with Crippen molar-refractivity contribution >= 4 is 23.6 Å². The number of nitro groups is 1. The van der Waals surface area contributed by atoms with Gasteiger partial charge in [0.05, 0.1) is 24.2 Å². The first-order chi connectivity index (χ1) is 14.0. The zero-order valence-corrected chi connectivity index (χ0v) is 16.0. The van der Waals surface area contributed by atoms with Crippen molar-refractivity contribution in [2.24, 2.45) is 0 Å². The first-order valence-electron chi connectivity index (χ1n) is 8.79. The molecule has 0 aliphatic rings. The van der Waals surface area contributed by atoms with Crippen molar-refractivity contribution in [2.75, 3.05) is 13.7 Å². The number of hydrogen-bond donors (Lipinski definition) is 2. The lowest BCUT2D eigenvalue weighted by Gasteiger charge is -2.12. The summed E-state index contributed by atoms with van der Waals surface area (Å²) in [4.78, 5) is 34.6. The predicted octanol–water partition coefficient (Wildman–Crippen LogP) is 2.87. The third kappa shape index (κ3) is 6.06. The Morgan fingerprint density at radius 3 is 2.59 bits per heavy atom. The lowest BCUT2D eigenvalue weighted by Crippen LogP contribution is -2.40. The zero-order chi connectivity index (χ0) is 21.2. The van der Waals surface area contributed by atoms with Crippen LogP contribution >= 0.6 is 0 Å². The molecule has 0 radical (unpaired) electrons. The lowest BCUT2D eigenvalue weighted by atomic mass is 10.1. The minimum Gasteiger partial charge on any atom is -0.493 e. The number of nitrogens with zero attached hydrogens (tertiary/aromatic N) is 1. The van der Waals surface area contributed by atoms with Gasteiger partial charge in [-0.15, -0.1) is 0 Å². The Bertz CT molecular complexity index is 926. The number of hydrazine groups is 1. The van der Waals surface area contributed by atoms with Gasteiger partial charge in [-0.2, -0.15) is 0 Å². The van der Waals surface area contributed by atoms with E-state index in [4.69, 9.17) is 9.47 Å². The average molecular weight is 399 g/mol. The highest BCUT2D eigenvalue weighted by atomic mass is 16.6.